The molecular weight excluding hydrogens is 618 g/mol. The summed E-state index contributed by atoms with van der Waals surface area (Å²) in [7, 11) is 0. The monoisotopic (exact) mass is 706 g/mol. The lowest BCUT2D eigenvalue weighted by molar-refractivity contribution is -0.150. The molecule has 2 unspecified atom stereocenters. The van der Waals surface area contributed by atoms with Gasteiger partial charge in [0.25, 0.3) is 0 Å². The lowest BCUT2D eigenvalue weighted by atomic mass is 9.85. The van der Waals surface area contributed by atoms with Crippen LogP contribution < -0.4 is 0 Å². The zero-order valence-electron chi connectivity index (χ0n) is 34.3. The van der Waals surface area contributed by atoms with E-state index in [1.165, 1.54) is 161 Å². The molecule has 1 heterocycles. The maximum atomic E-state index is 12.8. The minimum Gasteiger partial charge on any atom is -0.466 e. The summed E-state index contributed by atoms with van der Waals surface area (Å²) in [6.45, 7) is 12.1. The van der Waals surface area contributed by atoms with Crippen LogP contribution in [0, 0.1) is 5.92 Å². The van der Waals surface area contributed by atoms with E-state index >= 15 is 0 Å². The third-order valence-electron chi connectivity index (χ3n) is 11.3. The third kappa shape index (κ3) is 27.5. The molecule has 0 radical (unpaired) electrons. The highest BCUT2D eigenvalue weighted by Crippen LogP contribution is 2.30. The van der Waals surface area contributed by atoms with E-state index in [1.807, 2.05) is 0 Å². The van der Waals surface area contributed by atoms with Gasteiger partial charge < -0.3 is 14.4 Å². The molecule has 1 saturated heterocycles. The van der Waals surface area contributed by atoms with Crippen molar-refractivity contribution in [1.29, 1.82) is 0 Å². The van der Waals surface area contributed by atoms with Gasteiger partial charge in [-0.15, -0.1) is 0 Å². The molecule has 0 aromatic heterocycles. The second-order valence-corrected chi connectivity index (χ2v) is 15.9. The fourth-order valence-corrected chi connectivity index (χ4v) is 8.00. The molecule has 1 aliphatic rings. The van der Waals surface area contributed by atoms with Crippen LogP contribution in [-0.2, 0) is 19.1 Å². The maximum absolute atomic E-state index is 12.8. The SMILES string of the molecule is CCCCCCCCCOC(=O)CCCCC1CCN(CC)C(CCCCCCC(=O)OC(CCCCCCCC)CCCCCCCC)C1. The fourth-order valence-electron chi connectivity index (χ4n) is 8.00. The Labute approximate surface area is 312 Å². The van der Waals surface area contributed by atoms with E-state index in [-0.39, 0.29) is 18.0 Å². The Morgan fingerprint density at radius 1 is 0.560 bits per heavy atom. The number of hydrogen-bond acceptors (Lipinski definition) is 5. The van der Waals surface area contributed by atoms with Crippen LogP contribution >= 0.6 is 0 Å². The topological polar surface area (TPSA) is 55.8 Å². The van der Waals surface area contributed by atoms with E-state index in [2.05, 4.69) is 32.6 Å². The summed E-state index contributed by atoms with van der Waals surface area (Å²) in [6, 6.07) is 0.695. The molecule has 0 aromatic carbocycles. The number of rotatable bonds is 36. The molecule has 2 atom stereocenters. The van der Waals surface area contributed by atoms with E-state index in [0.717, 1.165) is 57.4 Å². The van der Waals surface area contributed by atoms with Crippen LogP contribution in [0.3, 0.4) is 0 Å². The summed E-state index contributed by atoms with van der Waals surface area (Å²) in [4.78, 5) is 27.7. The number of hydrogen-bond donors (Lipinski definition) is 0. The minimum atomic E-state index is 0.00377. The molecule has 50 heavy (non-hydrogen) atoms. The summed E-state index contributed by atoms with van der Waals surface area (Å²) in [5.41, 5.74) is 0. The average molecular weight is 706 g/mol. The molecule has 0 amide bonds. The second-order valence-electron chi connectivity index (χ2n) is 15.9. The Kier molecular flexibility index (Phi) is 32.8. The van der Waals surface area contributed by atoms with Crippen molar-refractivity contribution in [2.75, 3.05) is 19.7 Å². The van der Waals surface area contributed by atoms with E-state index in [1.54, 1.807) is 0 Å². The quantitative estimate of drug-likeness (QED) is 0.0480. The lowest BCUT2D eigenvalue weighted by Gasteiger charge is -2.39. The molecule has 5 nitrogen and oxygen atoms in total. The molecular formula is C45H87NO4. The molecule has 0 spiro atoms. The van der Waals surface area contributed by atoms with Crippen molar-refractivity contribution in [2.24, 2.45) is 5.92 Å². The highest BCUT2D eigenvalue weighted by Gasteiger charge is 2.26. The van der Waals surface area contributed by atoms with Crippen LogP contribution in [0.2, 0.25) is 0 Å². The van der Waals surface area contributed by atoms with E-state index in [0.29, 0.717) is 25.5 Å². The van der Waals surface area contributed by atoms with Crippen molar-refractivity contribution in [3.63, 3.8) is 0 Å². The van der Waals surface area contributed by atoms with Crippen LogP contribution in [0.4, 0.5) is 0 Å². The number of ether oxygens (including phenoxy) is 2. The van der Waals surface area contributed by atoms with E-state index in [9.17, 15) is 9.59 Å². The highest BCUT2D eigenvalue weighted by molar-refractivity contribution is 5.69. The number of nitrogens with zero attached hydrogens (tertiary/aromatic N) is 1. The van der Waals surface area contributed by atoms with Gasteiger partial charge in [0.05, 0.1) is 6.61 Å². The number of esters is 2. The van der Waals surface area contributed by atoms with Gasteiger partial charge >= 0.3 is 11.9 Å². The van der Waals surface area contributed by atoms with Gasteiger partial charge in [-0.25, -0.2) is 0 Å². The van der Waals surface area contributed by atoms with Gasteiger partial charge in [0.15, 0.2) is 0 Å². The molecule has 0 bridgehead atoms. The molecule has 0 aromatic rings. The Morgan fingerprint density at radius 2 is 1.04 bits per heavy atom. The highest BCUT2D eigenvalue weighted by atomic mass is 16.5. The maximum Gasteiger partial charge on any atom is 0.306 e. The predicted octanol–water partition coefficient (Wildman–Crippen LogP) is 13.7. The van der Waals surface area contributed by atoms with Crippen LogP contribution in [0.1, 0.15) is 240 Å². The summed E-state index contributed by atoms with van der Waals surface area (Å²) >= 11 is 0. The van der Waals surface area contributed by atoms with Crippen LogP contribution in [-0.4, -0.2) is 48.7 Å². The molecule has 0 N–H and O–H groups in total. The van der Waals surface area contributed by atoms with Gasteiger partial charge in [-0.2, -0.15) is 0 Å². The largest absolute Gasteiger partial charge is 0.466 e. The molecule has 0 saturated carbocycles. The average Bonchev–Trinajstić information content (AvgIpc) is 3.12. The molecule has 1 aliphatic heterocycles. The molecule has 296 valence electrons. The van der Waals surface area contributed by atoms with Gasteiger partial charge in [0.2, 0.25) is 0 Å². The molecule has 1 rings (SSSR count). The van der Waals surface area contributed by atoms with Crippen LogP contribution in [0.15, 0.2) is 0 Å². The number of carbonyl (C=O) groups is 2. The Bertz CT molecular complexity index is 741. The first-order chi connectivity index (χ1) is 24.5. The van der Waals surface area contributed by atoms with Gasteiger partial charge in [-0.05, 0) is 83.2 Å². The number of carbonyl (C=O) groups excluding carboxylic acids is 2. The number of unbranched alkanes of at least 4 members (excludes halogenated alkanes) is 20. The number of likely N-dealkylation sites (tertiary alicyclic amines) is 1. The second kappa shape index (κ2) is 35.0. The molecule has 0 aliphatic carbocycles. The normalized spacial score (nSPS) is 16.7. The van der Waals surface area contributed by atoms with Gasteiger partial charge in [-0.3, -0.25) is 9.59 Å². The first-order valence-electron chi connectivity index (χ1n) is 22.6. The summed E-state index contributed by atoms with van der Waals surface area (Å²) in [6.07, 6.45) is 39.5. The van der Waals surface area contributed by atoms with Crippen molar-refractivity contribution in [2.45, 2.75) is 252 Å². The summed E-state index contributed by atoms with van der Waals surface area (Å²) < 4.78 is 11.6. The van der Waals surface area contributed by atoms with Gasteiger partial charge in [-0.1, -0.05) is 163 Å². The van der Waals surface area contributed by atoms with Crippen molar-refractivity contribution < 1.29 is 19.1 Å². The Morgan fingerprint density at radius 3 is 1.64 bits per heavy atom. The van der Waals surface area contributed by atoms with Gasteiger partial charge in [0.1, 0.15) is 6.10 Å². The van der Waals surface area contributed by atoms with Crippen molar-refractivity contribution in [1.82, 2.24) is 4.90 Å². The first kappa shape index (κ1) is 46.9. The standard InChI is InChI=1S/C45H87NO4/c1-5-9-12-15-18-23-30-39-49-44(47)35-29-28-31-41-37-38-46(8-4)42(40-41)32-24-21-22-27-36-45(48)50-43(33-25-19-16-13-10-6-2)34-26-20-17-14-11-7-3/h41-43H,5-40H2,1-4H3. The van der Waals surface area contributed by atoms with Crippen molar-refractivity contribution in [3.05, 3.63) is 0 Å². The van der Waals surface area contributed by atoms with Crippen molar-refractivity contribution >= 4 is 11.9 Å². The molecule has 1 fully saturated rings. The van der Waals surface area contributed by atoms with Crippen molar-refractivity contribution in [3.8, 4) is 0 Å². The zero-order chi connectivity index (χ0) is 36.3. The van der Waals surface area contributed by atoms with Crippen LogP contribution in [0.25, 0.3) is 0 Å². The predicted molar refractivity (Wildman–Crippen MR) is 215 cm³/mol. The van der Waals surface area contributed by atoms with E-state index < -0.39 is 0 Å². The van der Waals surface area contributed by atoms with Gasteiger partial charge in [0, 0.05) is 18.9 Å². The lowest BCUT2D eigenvalue weighted by Crippen LogP contribution is -2.42. The fraction of sp³-hybridized carbons (Fsp3) is 0.956. The zero-order valence-corrected chi connectivity index (χ0v) is 34.3. The minimum absolute atomic E-state index is 0.00377. The molecule has 5 heteroatoms. The summed E-state index contributed by atoms with van der Waals surface area (Å²) in [5.74, 6) is 0.840. The number of piperidine rings is 1. The van der Waals surface area contributed by atoms with E-state index in [4.69, 9.17) is 9.47 Å². The Balaban J connectivity index is 2.22. The van der Waals surface area contributed by atoms with Crippen LogP contribution in [0.5, 0.6) is 0 Å². The smallest absolute Gasteiger partial charge is 0.306 e. The summed E-state index contributed by atoms with van der Waals surface area (Å²) in [5, 5.41) is 0. The Hall–Kier alpha value is -1.10. The first-order valence-corrected chi connectivity index (χ1v) is 22.6. The third-order valence-corrected chi connectivity index (χ3v) is 11.3.